The summed E-state index contributed by atoms with van der Waals surface area (Å²) in [6, 6.07) is 16.2. The van der Waals surface area contributed by atoms with Gasteiger partial charge in [-0.05, 0) is 55.5 Å². The maximum Gasteiger partial charge on any atom is 0.322 e. The summed E-state index contributed by atoms with van der Waals surface area (Å²) in [7, 11) is -3.50. The number of sulfonamides is 1. The third kappa shape index (κ3) is 6.37. The van der Waals surface area contributed by atoms with Crippen molar-refractivity contribution in [3.63, 3.8) is 0 Å². The summed E-state index contributed by atoms with van der Waals surface area (Å²) in [6.45, 7) is 0.709. The van der Waals surface area contributed by atoms with Gasteiger partial charge in [0.1, 0.15) is 0 Å². The molecule has 4 rings (SSSR count). The van der Waals surface area contributed by atoms with Crippen molar-refractivity contribution in [3.05, 3.63) is 59.7 Å². The average Bonchev–Trinajstić information content (AvgIpc) is 3.15. The first-order valence-corrected chi connectivity index (χ1v) is 14.4. The van der Waals surface area contributed by atoms with Crippen LogP contribution in [0.2, 0.25) is 0 Å². The fraction of sp³-hybridized carbons (Fsp3) is 0.481. The predicted octanol–water partition coefficient (Wildman–Crippen LogP) is 4.37. The van der Waals surface area contributed by atoms with Gasteiger partial charge in [-0.25, -0.2) is 17.5 Å². The van der Waals surface area contributed by atoms with Crippen molar-refractivity contribution >= 4 is 27.4 Å². The van der Waals surface area contributed by atoms with Crippen LogP contribution in [0.3, 0.4) is 0 Å². The molecule has 0 aromatic heterocycles. The number of nitrogens with two attached hydrogens (primary N) is 1. The second kappa shape index (κ2) is 11.8. The van der Waals surface area contributed by atoms with Crippen molar-refractivity contribution in [2.24, 2.45) is 0 Å². The number of benzene rings is 2. The highest BCUT2D eigenvalue weighted by molar-refractivity contribution is 7.88. The van der Waals surface area contributed by atoms with Crippen molar-refractivity contribution < 1.29 is 13.2 Å². The van der Waals surface area contributed by atoms with E-state index in [-0.39, 0.29) is 23.9 Å². The molecule has 0 radical (unpaired) electrons. The van der Waals surface area contributed by atoms with Gasteiger partial charge >= 0.3 is 6.03 Å². The van der Waals surface area contributed by atoms with E-state index < -0.39 is 10.0 Å². The molecule has 3 N–H and O–H groups in total. The highest BCUT2D eigenvalue weighted by Crippen LogP contribution is 2.28. The predicted molar refractivity (Wildman–Crippen MR) is 142 cm³/mol. The number of anilines is 2. The first kappa shape index (κ1) is 26.0. The summed E-state index contributed by atoms with van der Waals surface area (Å²) < 4.78 is 27.5. The van der Waals surface area contributed by atoms with Crippen LogP contribution in [0.4, 0.5) is 16.2 Å². The normalized spacial score (nSPS) is 18.2. The van der Waals surface area contributed by atoms with E-state index in [1.54, 1.807) is 36.4 Å². The minimum absolute atomic E-state index is 0.0817. The molecule has 36 heavy (non-hydrogen) atoms. The number of urea groups is 1. The van der Waals surface area contributed by atoms with Crippen LogP contribution in [-0.4, -0.2) is 43.9 Å². The average molecular weight is 510 g/mol. The highest BCUT2D eigenvalue weighted by Gasteiger charge is 2.32. The first-order valence-electron chi connectivity index (χ1n) is 12.8. The largest absolute Gasteiger partial charge is 0.398 e. The van der Waals surface area contributed by atoms with Gasteiger partial charge in [0.15, 0.2) is 0 Å². The van der Waals surface area contributed by atoms with E-state index >= 15 is 0 Å². The fourth-order valence-electron chi connectivity index (χ4n) is 5.21. The number of nitrogen functional groups attached to an aromatic ring is 1. The minimum Gasteiger partial charge on any atom is -0.398 e. The van der Waals surface area contributed by atoms with Crippen molar-refractivity contribution in [2.45, 2.75) is 69.2 Å². The van der Waals surface area contributed by atoms with Crippen LogP contribution in [-0.2, 0) is 15.8 Å². The third-order valence-electron chi connectivity index (χ3n) is 7.23. The number of carbonyl (C=O) groups is 1. The maximum atomic E-state index is 13.6. The van der Waals surface area contributed by atoms with Crippen LogP contribution in [0.25, 0.3) is 0 Å². The molecule has 0 atom stereocenters. The van der Waals surface area contributed by atoms with Crippen LogP contribution < -0.4 is 16.0 Å². The van der Waals surface area contributed by atoms with Crippen molar-refractivity contribution in [2.75, 3.05) is 23.7 Å². The zero-order chi connectivity index (χ0) is 25.5. The van der Waals surface area contributed by atoms with Crippen LogP contribution in [0, 0.1) is 11.3 Å². The number of amides is 2. The molecule has 1 saturated carbocycles. The molecule has 1 aliphatic carbocycles. The topological polar surface area (TPSA) is 120 Å². The molecule has 0 bridgehead atoms. The molecule has 0 spiro atoms. The number of rotatable bonds is 6. The summed E-state index contributed by atoms with van der Waals surface area (Å²) in [5.74, 6) is -0.124. The van der Waals surface area contributed by atoms with E-state index in [0.29, 0.717) is 42.7 Å². The Morgan fingerprint density at radius 3 is 2.39 bits per heavy atom. The standard InChI is InChI=1S/C27H35N5O3S/c28-19-21-8-7-12-25(18-21)32(24-10-3-1-2-4-11-24)27(33)30-23-14-16-31(17-15-23)36(34,35)20-22-9-5-6-13-26(22)29/h5-9,12-13,18,23-24H,1-4,10-11,14-17,20,29H2,(H,30,33). The molecule has 192 valence electrons. The first-order chi connectivity index (χ1) is 17.4. The second-order valence-corrected chi connectivity index (χ2v) is 11.7. The van der Waals surface area contributed by atoms with Crippen LogP contribution in [0.1, 0.15) is 62.5 Å². The van der Waals surface area contributed by atoms with Crippen molar-refractivity contribution in [3.8, 4) is 6.07 Å². The molecule has 2 aliphatic rings. The molecule has 2 aromatic carbocycles. The van der Waals surface area contributed by atoms with E-state index in [9.17, 15) is 18.5 Å². The van der Waals surface area contributed by atoms with Gasteiger partial charge in [-0.2, -0.15) is 5.26 Å². The highest BCUT2D eigenvalue weighted by atomic mass is 32.2. The number of hydrogen-bond donors (Lipinski definition) is 2. The summed E-state index contributed by atoms with van der Waals surface area (Å²) >= 11 is 0. The van der Waals surface area contributed by atoms with Crippen molar-refractivity contribution in [1.82, 2.24) is 9.62 Å². The number of carbonyl (C=O) groups excluding carboxylic acids is 1. The Kier molecular flexibility index (Phi) is 8.49. The molecule has 2 fully saturated rings. The van der Waals surface area contributed by atoms with E-state index in [2.05, 4.69) is 11.4 Å². The molecular formula is C27H35N5O3S. The van der Waals surface area contributed by atoms with Gasteiger partial charge in [0.2, 0.25) is 10.0 Å². The fourth-order valence-corrected chi connectivity index (χ4v) is 6.82. The number of nitrogens with one attached hydrogen (secondary N) is 1. The molecule has 2 aromatic rings. The lowest BCUT2D eigenvalue weighted by atomic mass is 10.0. The summed E-state index contributed by atoms with van der Waals surface area (Å²) in [5, 5.41) is 12.5. The number of hydrogen-bond acceptors (Lipinski definition) is 5. The van der Waals surface area contributed by atoms with Crippen LogP contribution in [0.5, 0.6) is 0 Å². The van der Waals surface area contributed by atoms with E-state index in [0.717, 1.165) is 31.4 Å². The number of nitriles is 1. The van der Waals surface area contributed by atoms with Crippen LogP contribution in [0.15, 0.2) is 48.5 Å². The lowest BCUT2D eigenvalue weighted by Gasteiger charge is -2.36. The Hall–Kier alpha value is -3.09. The molecule has 1 aliphatic heterocycles. The molecular weight excluding hydrogens is 474 g/mol. The number of nitrogens with zero attached hydrogens (tertiary/aromatic N) is 3. The molecule has 1 heterocycles. The van der Waals surface area contributed by atoms with E-state index in [1.165, 1.54) is 17.1 Å². The number of para-hydroxylation sites is 1. The van der Waals surface area contributed by atoms with Gasteiger partial charge in [-0.1, -0.05) is 49.9 Å². The van der Waals surface area contributed by atoms with Crippen molar-refractivity contribution in [1.29, 1.82) is 5.26 Å². The van der Waals surface area contributed by atoms with Gasteiger partial charge in [0.25, 0.3) is 0 Å². The van der Waals surface area contributed by atoms with Gasteiger partial charge in [0, 0.05) is 36.5 Å². The van der Waals surface area contributed by atoms with E-state index in [4.69, 9.17) is 5.73 Å². The van der Waals surface area contributed by atoms with E-state index in [1.807, 2.05) is 17.0 Å². The molecule has 9 heteroatoms. The second-order valence-electron chi connectivity index (χ2n) is 9.76. The quantitative estimate of drug-likeness (QED) is 0.443. The molecule has 8 nitrogen and oxygen atoms in total. The monoisotopic (exact) mass is 509 g/mol. The Balaban J connectivity index is 1.42. The summed E-state index contributed by atoms with van der Waals surface area (Å²) in [4.78, 5) is 15.4. The van der Waals surface area contributed by atoms with Gasteiger partial charge in [-0.15, -0.1) is 0 Å². The van der Waals surface area contributed by atoms with Gasteiger partial charge < -0.3 is 11.1 Å². The Morgan fingerprint density at radius 2 is 1.72 bits per heavy atom. The van der Waals surface area contributed by atoms with Gasteiger partial charge in [-0.3, -0.25) is 4.90 Å². The zero-order valence-corrected chi connectivity index (χ0v) is 21.4. The lowest BCUT2D eigenvalue weighted by molar-refractivity contribution is 0.230. The summed E-state index contributed by atoms with van der Waals surface area (Å²) in [6.07, 6.45) is 7.46. The molecule has 2 amide bonds. The summed E-state index contributed by atoms with van der Waals surface area (Å²) in [5.41, 5.74) is 8.28. The Labute approximate surface area is 214 Å². The molecule has 0 unspecified atom stereocenters. The zero-order valence-electron chi connectivity index (χ0n) is 20.6. The third-order valence-corrected chi connectivity index (χ3v) is 9.06. The minimum atomic E-state index is -3.50. The maximum absolute atomic E-state index is 13.6. The number of piperidine rings is 1. The smallest absolute Gasteiger partial charge is 0.322 e. The van der Waals surface area contributed by atoms with Crippen LogP contribution >= 0.6 is 0 Å². The Morgan fingerprint density at radius 1 is 1.03 bits per heavy atom. The molecule has 1 saturated heterocycles. The van der Waals surface area contributed by atoms with Gasteiger partial charge in [0.05, 0.1) is 17.4 Å². The SMILES string of the molecule is N#Cc1cccc(N(C(=O)NC2CCN(S(=O)(=O)Cc3ccccc3N)CC2)C2CCCCCC2)c1. The lowest BCUT2D eigenvalue weighted by Crippen LogP contribution is -2.53. The Bertz CT molecular complexity index is 1190.